The highest BCUT2D eigenvalue weighted by Gasteiger charge is 2.32. The van der Waals surface area contributed by atoms with Crippen LogP contribution in [-0.4, -0.2) is 34.2 Å². The Bertz CT molecular complexity index is 793. The molecule has 2 aromatic carbocycles. The number of rotatable bonds is 7. The number of nitrogens with one attached hydrogen (secondary N) is 1. The second-order valence-corrected chi connectivity index (χ2v) is 5.62. The summed E-state index contributed by atoms with van der Waals surface area (Å²) in [4.78, 5) is 12.4. The van der Waals surface area contributed by atoms with Crippen LogP contribution in [0.1, 0.15) is 34.2 Å². The number of aryl methyl sites for hydroxylation is 1. The first-order chi connectivity index (χ1) is 12.7. The fourth-order valence-corrected chi connectivity index (χ4v) is 2.44. The molecule has 2 rings (SSSR count). The van der Waals surface area contributed by atoms with Crippen LogP contribution >= 0.6 is 0 Å². The van der Waals surface area contributed by atoms with E-state index in [-0.39, 0.29) is 23.4 Å². The predicted octanol–water partition coefficient (Wildman–Crippen LogP) is 2.75. The number of aliphatic hydroxyl groups is 3. The smallest absolute Gasteiger partial charge is 0.404 e. The van der Waals surface area contributed by atoms with Gasteiger partial charge in [0, 0.05) is 17.7 Å². The number of aliphatic hydroxyl groups excluding tert-OH is 2. The van der Waals surface area contributed by atoms with Crippen molar-refractivity contribution in [2.45, 2.75) is 25.5 Å². The summed E-state index contributed by atoms with van der Waals surface area (Å²) in [6, 6.07) is 9.47. The lowest BCUT2D eigenvalue weighted by Gasteiger charge is -2.16. The second kappa shape index (κ2) is 8.85. The summed E-state index contributed by atoms with van der Waals surface area (Å²) in [5.41, 5.74) is 0.0717. The van der Waals surface area contributed by atoms with Crippen molar-refractivity contribution < 1.29 is 38.0 Å². The minimum Gasteiger partial charge on any atom is -0.404 e. The topological polar surface area (TPSA) is 99.0 Å². The van der Waals surface area contributed by atoms with E-state index in [4.69, 9.17) is 5.11 Å². The van der Waals surface area contributed by atoms with Gasteiger partial charge in [0.1, 0.15) is 0 Å². The summed E-state index contributed by atoms with van der Waals surface area (Å²) in [6.45, 7) is -0.117. The quantitative estimate of drug-likeness (QED) is 0.550. The lowest BCUT2D eigenvalue weighted by Crippen LogP contribution is -2.20. The van der Waals surface area contributed by atoms with Gasteiger partial charge in [-0.25, -0.2) is 0 Å². The molecule has 0 aliphatic heterocycles. The van der Waals surface area contributed by atoms with Crippen molar-refractivity contribution in [2.24, 2.45) is 0 Å². The minimum absolute atomic E-state index is 0.0899. The summed E-state index contributed by atoms with van der Waals surface area (Å²) >= 11 is 0. The van der Waals surface area contributed by atoms with Crippen LogP contribution in [0.4, 0.5) is 18.9 Å². The van der Waals surface area contributed by atoms with Crippen molar-refractivity contribution >= 4 is 11.6 Å². The molecule has 6 nitrogen and oxygen atoms in total. The van der Waals surface area contributed by atoms with Gasteiger partial charge in [-0.15, -0.1) is 13.2 Å². The molecule has 9 heteroatoms. The number of anilines is 1. The van der Waals surface area contributed by atoms with Crippen LogP contribution in [0, 0.1) is 0 Å². The predicted molar refractivity (Wildman–Crippen MR) is 90.1 cm³/mol. The molecule has 0 aliphatic carbocycles. The zero-order valence-corrected chi connectivity index (χ0v) is 14.0. The first kappa shape index (κ1) is 20.7. The van der Waals surface area contributed by atoms with Gasteiger partial charge in [-0.1, -0.05) is 24.3 Å². The van der Waals surface area contributed by atoms with Crippen LogP contribution in [0.5, 0.6) is 5.75 Å². The van der Waals surface area contributed by atoms with Crippen LogP contribution < -0.4 is 10.1 Å². The molecule has 0 atom stereocenters. The Balaban J connectivity index is 2.32. The van der Waals surface area contributed by atoms with E-state index in [1.165, 1.54) is 36.4 Å². The third-order valence-corrected chi connectivity index (χ3v) is 3.63. The highest BCUT2D eigenvalue weighted by atomic mass is 19.4. The van der Waals surface area contributed by atoms with Crippen molar-refractivity contribution in [3.05, 3.63) is 59.2 Å². The maximum Gasteiger partial charge on any atom is 0.573 e. The summed E-state index contributed by atoms with van der Waals surface area (Å²) in [6.07, 6.45) is -6.19. The van der Waals surface area contributed by atoms with Gasteiger partial charge >= 0.3 is 6.36 Å². The number of hydrogen-bond acceptors (Lipinski definition) is 5. The number of carbonyl (C=O) groups is 1. The van der Waals surface area contributed by atoms with E-state index in [1.807, 2.05) is 0 Å². The molecule has 146 valence electrons. The number of ether oxygens (including phenoxy) is 1. The molecule has 0 spiro atoms. The van der Waals surface area contributed by atoms with Gasteiger partial charge in [-0.2, -0.15) is 0 Å². The molecule has 0 saturated heterocycles. The Morgan fingerprint density at radius 2 is 1.85 bits per heavy atom. The van der Waals surface area contributed by atoms with Gasteiger partial charge in [0.15, 0.2) is 12.0 Å². The van der Waals surface area contributed by atoms with Crippen molar-refractivity contribution in [1.82, 2.24) is 0 Å². The van der Waals surface area contributed by atoms with Gasteiger partial charge in [0.2, 0.25) is 0 Å². The molecule has 0 aliphatic rings. The Hall–Kier alpha value is -2.62. The zero-order chi connectivity index (χ0) is 20.0. The maximum absolute atomic E-state index is 12.7. The van der Waals surface area contributed by atoms with Crippen molar-refractivity contribution in [2.75, 3.05) is 11.9 Å². The number of hydrogen-bond donors (Lipinski definition) is 4. The minimum atomic E-state index is -4.96. The fraction of sp³-hybridized carbons (Fsp3) is 0.278. The van der Waals surface area contributed by atoms with Crippen LogP contribution in [0.3, 0.4) is 0 Å². The average Bonchev–Trinajstić information content (AvgIpc) is 2.60. The lowest BCUT2D eigenvalue weighted by atomic mass is 10.1. The number of halogens is 3. The van der Waals surface area contributed by atoms with Crippen molar-refractivity contribution in [1.29, 1.82) is 0 Å². The SMILES string of the molecule is O=C(Nc1ccc(CCCO)cc1OC(F)(F)F)c1ccccc1C(O)O. The van der Waals surface area contributed by atoms with E-state index in [9.17, 15) is 28.2 Å². The van der Waals surface area contributed by atoms with E-state index < -0.39 is 24.3 Å². The van der Waals surface area contributed by atoms with Gasteiger partial charge in [0.25, 0.3) is 5.91 Å². The second-order valence-electron chi connectivity index (χ2n) is 5.62. The van der Waals surface area contributed by atoms with Crippen molar-refractivity contribution in [3.8, 4) is 5.75 Å². The Morgan fingerprint density at radius 3 is 2.48 bits per heavy atom. The van der Waals surface area contributed by atoms with Crippen LogP contribution in [0.15, 0.2) is 42.5 Å². The summed E-state index contributed by atoms with van der Waals surface area (Å²) in [5.74, 6) is -1.43. The molecule has 0 radical (unpaired) electrons. The molecule has 0 fully saturated rings. The van der Waals surface area contributed by atoms with Gasteiger partial charge in [-0.3, -0.25) is 4.79 Å². The van der Waals surface area contributed by atoms with Gasteiger partial charge < -0.3 is 25.4 Å². The Labute approximate surface area is 152 Å². The monoisotopic (exact) mass is 385 g/mol. The molecular weight excluding hydrogens is 367 g/mol. The van der Waals surface area contributed by atoms with E-state index >= 15 is 0 Å². The van der Waals surface area contributed by atoms with Crippen molar-refractivity contribution in [3.63, 3.8) is 0 Å². The van der Waals surface area contributed by atoms with E-state index in [0.29, 0.717) is 18.4 Å². The van der Waals surface area contributed by atoms with E-state index in [1.54, 1.807) is 0 Å². The summed E-state index contributed by atoms with van der Waals surface area (Å²) in [5, 5.41) is 29.8. The molecule has 0 bridgehead atoms. The molecule has 0 heterocycles. The molecule has 0 saturated carbocycles. The maximum atomic E-state index is 12.7. The zero-order valence-electron chi connectivity index (χ0n) is 14.0. The number of alkyl halides is 3. The van der Waals surface area contributed by atoms with Crippen LogP contribution in [-0.2, 0) is 6.42 Å². The molecule has 0 unspecified atom stereocenters. The molecule has 0 aromatic heterocycles. The van der Waals surface area contributed by atoms with Crippen LogP contribution in [0.2, 0.25) is 0 Å². The molecule has 2 aromatic rings. The highest BCUT2D eigenvalue weighted by Crippen LogP contribution is 2.32. The van der Waals surface area contributed by atoms with Gasteiger partial charge in [-0.05, 0) is 36.6 Å². The summed E-state index contributed by atoms with van der Waals surface area (Å²) < 4.78 is 42.1. The normalized spacial score (nSPS) is 11.5. The third-order valence-electron chi connectivity index (χ3n) is 3.63. The first-order valence-corrected chi connectivity index (χ1v) is 7.97. The molecule has 27 heavy (non-hydrogen) atoms. The molecule has 4 N–H and O–H groups in total. The third kappa shape index (κ3) is 5.95. The standard InChI is InChI=1S/C18H18F3NO5/c19-18(20,21)27-15-10-11(4-3-9-23)7-8-14(15)22-16(24)12-5-1-2-6-13(12)17(25)26/h1-2,5-8,10,17,23,25-26H,3-4,9H2,(H,22,24). The lowest BCUT2D eigenvalue weighted by molar-refractivity contribution is -0.274. The first-order valence-electron chi connectivity index (χ1n) is 7.97. The molecule has 1 amide bonds. The highest BCUT2D eigenvalue weighted by molar-refractivity contribution is 6.06. The average molecular weight is 385 g/mol. The number of benzene rings is 2. The largest absolute Gasteiger partial charge is 0.573 e. The molecular formula is C18H18F3NO5. The number of amides is 1. The van der Waals surface area contributed by atoms with Gasteiger partial charge in [0.05, 0.1) is 5.69 Å². The Kier molecular flexibility index (Phi) is 6.78. The van der Waals surface area contributed by atoms with E-state index in [0.717, 1.165) is 6.07 Å². The van der Waals surface area contributed by atoms with Crippen LogP contribution in [0.25, 0.3) is 0 Å². The van der Waals surface area contributed by atoms with E-state index in [2.05, 4.69) is 10.1 Å². The fourth-order valence-electron chi connectivity index (χ4n) is 2.44. The summed E-state index contributed by atoms with van der Waals surface area (Å²) in [7, 11) is 0. The number of carbonyl (C=O) groups excluding carboxylic acids is 1. The Morgan fingerprint density at radius 1 is 1.15 bits per heavy atom.